The SMILES string of the molecule is CC/C=C(/C)NS(=O)(=O)c1cn(C)c(C(=O)OC)c1Br. The molecule has 0 fully saturated rings. The van der Waals surface area contributed by atoms with Crippen LogP contribution in [0.1, 0.15) is 30.8 Å². The minimum atomic E-state index is -3.75. The molecule has 6 nitrogen and oxygen atoms in total. The minimum absolute atomic E-state index is 0.00995. The van der Waals surface area contributed by atoms with Gasteiger partial charge in [0.15, 0.2) is 0 Å². The number of hydrogen-bond donors (Lipinski definition) is 1. The lowest BCUT2D eigenvalue weighted by molar-refractivity contribution is 0.0588. The summed E-state index contributed by atoms with van der Waals surface area (Å²) in [5.41, 5.74) is 0.674. The molecule has 0 saturated heterocycles. The second-order valence-corrected chi connectivity index (χ2v) is 6.60. The number of aromatic nitrogens is 1. The Hall–Kier alpha value is -1.28. The second-order valence-electron chi connectivity index (χ2n) is 4.16. The largest absolute Gasteiger partial charge is 0.464 e. The van der Waals surface area contributed by atoms with E-state index in [0.29, 0.717) is 5.70 Å². The number of nitrogens with zero attached hydrogens (tertiary/aromatic N) is 1. The Labute approximate surface area is 127 Å². The first-order valence-corrected chi connectivity index (χ1v) is 8.14. The maximum absolute atomic E-state index is 12.3. The first kappa shape index (κ1) is 16.8. The van der Waals surface area contributed by atoms with Gasteiger partial charge in [-0.25, -0.2) is 13.2 Å². The summed E-state index contributed by atoms with van der Waals surface area (Å²) < 4.78 is 33.2. The highest BCUT2D eigenvalue weighted by Crippen LogP contribution is 2.28. The molecular formula is C12H17BrN2O4S. The third-order valence-corrected chi connectivity index (χ3v) is 5.11. The van der Waals surface area contributed by atoms with Crippen molar-refractivity contribution in [3.8, 4) is 0 Å². The van der Waals surface area contributed by atoms with Crippen molar-refractivity contribution >= 4 is 31.9 Å². The second kappa shape index (κ2) is 6.45. The van der Waals surface area contributed by atoms with Crippen molar-refractivity contribution < 1.29 is 17.9 Å². The summed E-state index contributed by atoms with van der Waals surface area (Å²) in [5, 5.41) is 0. The topological polar surface area (TPSA) is 77.4 Å². The van der Waals surface area contributed by atoms with E-state index >= 15 is 0 Å². The summed E-state index contributed by atoms with van der Waals surface area (Å²) in [5.74, 6) is -0.610. The fraction of sp³-hybridized carbons (Fsp3) is 0.417. The normalized spacial score (nSPS) is 12.3. The number of allylic oxidation sites excluding steroid dienone is 2. The van der Waals surface area contributed by atoms with Crippen LogP contribution >= 0.6 is 15.9 Å². The van der Waals surface area contributed by atoms with Crippen LogP contribution in [-0.2, 0) is 21.8 Å². The molecule has 1 rings (SSSR count). The molecule has 0 radical (unpaired) electrons. The first-order chi connectivity index (χ1) is 9.24. The van der Waals surface area contributed by atoms with Gasteiger partial charge in [-0.15, -0.1) is 0 Å². The zero-order valence-electron chi connectivity index (χ0n) is 11.7. The van der Waals surface area contributed by atoms with Crippen LogP contribution in [-0.4, -0.2) is 26.1 Å². The molecule has 0 bridgehead atoms. The van der Waals surface area contributed by atoms with Crippen molar-refractivity contribution in [2.75, 3.05) is 7.11 Å². The number of esters is 1. The van der Waals surface area contributed by atoms with Gasteiger partial charge >= 0.3 is 5.97 Å². The maximum Gasteiger partial charge on any atom is 0.355 e. The molecule has 0 amide bonds. The molecule has 0 aliphatic heterocycles. The lowest BCUT2D eigenvalue weighted by atomic mass is 10.4. The Bertz CT molecular complexity index is 647. The molecule has 1 aromatic rings. The molecule has 1 heterocycles. The molecule has 0 saturated carbocycles. The Morgan fingerprint density at radius 2 is 2.15 bits per heavy atom. The molecule has 8 heteroatoms. The van der Waals surface area contributed by atoms with E-state index in [-0.39, 0.29) is 15.1 Å². The van der Waals surface area contributed by atoms with E-state index in [2.05, 4.69) is 25.4 Å². The van der Waals surface area contributed by atoms with Gasteiger partial charge in [0.05, 0.1) is 11.6 Å². The van der Waals surface area contributed by atoms with Crippen molar-refractivity contribution in [2.24, 2.45) is 7.05 Å². The predicted octanol–water partition coefficient (Wildman–Crippen LogP) is 2.17. The number of aryl methyl sites for hydroxylation is 1. The standard InChI is InChI=1S/C12H17BrN2O4S/c1-5-6-8(2)14-20(17,18)9-7-15(3)11(10(9)13)12(16)19-4/h6-7,14H,5H2,1-4H3/b8-6-. The van der Waals surface area contributed by atoms with E-state index < -0.39 is 16.0 Å². The van der Waals surface area contributed by atoms with Crippen LogP contribution in [0.4, 0.5) is 0 Å². The van der Waals surface area contributed by atoms with E-state index in [1.54, 1.807) is 20.0 Å². The molecule has 0 unspecified atom stereocenters. The third kappa shape index (κ3) is 3.43. The summed E-state index contributed by atoms with van der Waals surface area (Å²) in [7, 11) is -0.937. The molecule has 1 N–H and O–H groups in total. The zero-order valence-corrected chi connectivity index (χ0v) is 14.1. The number of carbonyl (C=O) groups is 1. The lowest BCUT2D eigenvalue weighted by Gasteiger charge is -2.07. The predicted molar refractivity (Wildman–Crippen MR) is 78.8 cm³/mol. The molecular weight excluding hydrogens is 348 g/mol. The average molecular weight is 365 g/mol. The Balaban J connectivity index is 3.28. The molecule has 0 aliphatic rings. The summed E-state index contributed by atoms with van der Waals surface area (Å²) in [4.78, 5) is 11.6. The van der Waals surface area contributed by atoms with Crippen LogP contribution in [0.5, 0.6) is 0 Å². The van der Waals surface area contributed by atoms with Crippen LogP contribution in [0.15, 0.2) is 27.3 Å². The maximum atomic E-state index is 12.3. The molecule has 0 aliphatic carbocycles. The van der Waals surface area contributed by atoms with Crippen molar-refractivity contribution in [3.63, 3.8) is 0 Å². The van der Waals surface area contributed by atoms with Gasteiger partial charge in [-0.05, 0) is 29.3 Å². The van der Waals surface area contributed by atoms with Gasteiger partial charge in [-0.2, -0.15) is 0 Å². The number of ether oxygens (including phenoxy) is 1. The summed E-state index contributed by atoms with van der Waals surface area (Å²) >= 11 is 3.15. The van der Waals surface area contributed by atoms with Gasteiger partial charge in [0, 0.05) is 18.9 Å². The van der Waals surface area contributed by atoms with Gasteiger partial charge in [0.1, 0.15) is 10.6 Å². The summed E-state index contributed by atoms with van der Waals surface area (Å²) in [6, 6.07) is 0. The molecule has 0 spiro atoms. The zero-order chi connectivity index (χ0) is 15.5. The minimum Gasteiger partial charge on any atom is -0.464 e. The Morgan fingerprint density at radius 3 is 2.65 bits per heavy atom. The van der Waals surface area contributed by atoms with Crippen LogP contribution in [0.3, 0.4) is 0 Å². The van der Waals surface area contributed by atoms with Crippen LogP contribution < -0.4 is 4.72 Å². The van der Waals surface area contributed by atoms with E-state index in [1.807, 2.05) is 6.92 Å². The fourth-order valence-electron chi connectivity index (χ4n) is 1.70. The van der Waals surface area contributed by atoms with Gasteiger partial charge in [-0.3, -0.25) is 4.72 Å². The van der Waals surface area contributed by atoms with E-state index in [4.69, 9.17) is 0 Å². The highest BCUT2D eigenvalue weighted by Gasteiger charge is 2.27. The molecule has 112 valence electrons. The van der Waals surface area contributed by atoms with Crippen molar-refractivity contribution in [3.05, 3.63) is 28.1 Å². The molecule has 0 atom stereocenters. The Kier molecular flexibility index (Phi) is 5.41. The van der Waals surface area contributed by atoms with E-state index in [1.165, 1.54) is 17.9 Å². The molecule has 20 heavy (non-hydrogen) atoms. The lowest BCUT2D eigenvalue weighted by Crippen LogP contribution is -2.21. The van der Waals surface area contributed by atoms with Crippen molar-refractivity contribution in [2.45, 2.75) is 25.2 Å². The number of rotatable bonds is 5. The summed E-state index contributed by atoms with van der Waals surface area (Å²) in [6.45, 7) is 3.57. The third-order valence-electron chi connectivity index (χ3n) is 2.56. The van der Waals surface area contributed by atoms with Crippen LogP contribution in [0.25, 0.3) is 0 Å². The van der Waals surface area contributed by atoms with Crippen molar-refractivity contribution in [1.29, 1.82) is 0 Å². The fourth-order valence-corrected chi connectivity index (χ4v) is 4.13. The molecule has 0 aromatic carbocycles. The number of carbonyl (C=O) groups excluding carboxylic acids is 1. The highest BCUT2D eigenvalue weighted by atomic mass is 79.9. The van der Waals surface area contributed by atoms with Gasteiger partial charge in [0.25, 0.3) is 10.0 Å². The number of hydrogen-bond acceptors (Lipinski definition) is 4. The quantitative estimate of drug-likeness (QED) is 0.812. The number of methoxy groups -OCH3 is 1. The molecule has 1 aromatic heterocycles. The Morgan fingerprint density at radius 1 is 1.55 bits per heavy atom. The highest BCUT2D eigenvalue weighted by molar-refractivity contribution is 9.10. The number of sulfonamides is 1. The number of nitrogens with one attached hydrogen (secondary N) is 1. The van der Waals surface area contributed by atoms with E-state index in [9.17, 15) is 13.2 Å². The van der Waals surface area contributed by atoms with Crippen molar-refractivity contribution in [1.82, 2.24) is 9.29 Å². The average Bonchev–Trinajstić information content (AvgIpc) is 2.64. The van der Waals surface area contributed by atoms with Gasteiger partial charge in [-0.1, -0.05) is 13.0 Å². The first-order valence-electron chi connectivity index (χ1n) is 5.87. The monoisotopic (exact) mass is 364 g/mol. The van der Waals surface area contributed by atoms with Gasteiger partial charge in [0.2, 0.25) is 0 Å². The van der Waals surface area contributed by atoms with E-state index in [0.717, 1.165) is 6.42 Å². The van der Waals surface area contributed by atoms with Gasteiger partial charge < -0.3 is 9.30 Å². The van der Waals surface area contributed by atoms with Crippen LogP contribution in [0.2, 0.25) is 0 Å². The smallest absolute Gasteiger partial charge is 0.355 e. The number of halogens is 1. The van der Waals surface area contributed by atoms with Crippen LogP contribution in [0, 0.1) is 0 Å². The summed E-state index contributed by atoms with van der Waals surface area (Å²) in [6.07, 6.45) is 3.84.